The molecule has 1 aliphatic carbocycles. The van der Waals surface area contributed by atoms with Gasteiger partial charge in [-0.05, 0) is 41.5 Å². The Morgan fingerprint density at radius 3 is 2.15 bits per heavy atom. The topological polar surface area (TPSA) is 101 Å². The molecule has 0 saturated carbocycles. The predicted octanol–water partition coefficient (Wildman–Crippen LogP) is 3.47. The molecule has 6 nitrogen and oxygen atoms in total. The summed E-state index contributed by atoms with van der Waals surface area (Å²) in [6.07, 6.45) is -6.13. The summed E-state index contributed by atoms with van der Waals surface area (Å²) in [5, 5.41) is 10.3. The third kappa shape index (κ3) is 4.41. The number of rotatable bonds is 5. The van der Waals surface area contributed by atoms with Gasteiger partial charge in [0.25, 0.3) is 0 Å². The van der Waals surface area contributed by atoms with E-state index in [4.69, 9.17) is 0 Å². The number of halogens is 3. The molecule has 1 aliphatic rings. The van der Waals surface area contributed by atoms with Crippen LogP contribution in [0.4, 0.5) is 13.2 Å². The molecule has 0 heterocycles. The van der Waals surface area contributed by atoms with Crippen LogP contribution in [0.15, 0.2) is 87.5 Å². The number of aliphatic hydroxyl groups is 1. The van der Waals surface area contributed by atoms with Gasteiger partial charge in [-0.25, -0.2) is 21.6 Å². The SMILES string of the molecule is O=S(=O)(N[C@@H]1c2ccccc2C[C@H]1O)c1cc(S(=O)(=O)c2ccccc2)ccc1C(F)(F)F. The number of nitrogens with one attached hydrogen (secondary N) is 1. The van der Waals surface area contributed by atoms with E-state index in [0.717, 1.165) is 6.07 Å². The Bertz CT molecular complexity index is 1410. The van der Waals surface area contributed by atoms with Gasteiger partial charge in [-0.15, -0.1) is 0 Å². The number of hydrogen-bond donors (Lipinski definition) is 2. The molecule has 0 unspecified atom stereocenters. The van der Waals surface area contributed by atoms with Crippen molar-refractivity contribution >= 4 is 19.9 Å². The van der Waals surface area contributed by atoms with Crippen LogP contribution in [0.3, 0.4) is 0 Å². The normalized spacial score (nSPS) is 18.8. The summed E-state index contributed by atoms with van der Waals surface area (Å²) in [5.41, 5.74) is -0.410. The number of aliphatic hydroxyl groups excluding tert-OH is 1. The monoisotopic (exact) mass is 497 g/mol. The van der Waals surface area contributed by atoms with Gasteiger partial charge < -0.3 is 5.11 Å². The maximum absolute atomic E-state index is 13.7. The minimum atomic E-state index is -5.06. The minimum Gasteiger partial charge on any atom is -0.391 e. The number of fused-ring (bicyclic) bond motifs is 1. The zero-order chi connectivity index (χ0) is 24.0. The summed E-state index contributed by atoms with van der Waals surface area (Å²) in [5.74, 6) is 0. The fraction of sp³-hybridized carbons (Fsp3) is 0.182. The molecule has 0 spiro atoms. The zero-order valence-corrected chi connectivity index (χ0v) is 18.5. The fourth-order valence-electron chi connectivity index (χ4n) is 3.81. The molecule has 0 bridgehead atoms. The van der Waals surface area contributed by atoms with Gasteiger partial charge in [0.2, 0.25) is 19.9 Å². The van der Waals surface area contributed by atoms with Crippen molar-refractivity contribution in [1.82, 2.24) is 4.72 Å². The Kier molecular flexibility index (Phi) is 5.85. The second-order valence-corrected chi connectivity index (χ2v) is 11.2. The average Bonchev–Trinajstić information content (AvgIpc) is 3.08. The first-order chi connectivity index (χ1) is 15.4. The van der Waals surface area contributed by atoms with Crippen molar-refractivity contribution in [3.05, 3.63) is 89.5 Å². The second kappa shape index (κ2) is 8.24. The van der Waals surface area contributed by atoms with Crippen LogP contribution < -0.4 is 4.72 Å². The first-order valence-electron chi connectivity index (χ1n) is 9.71. The first-order valence-corrected chi connectivity index (χ1v) is 12.7. The van der Waals surface area contributed by atoms with Crippen LogP contribution in [0.1, 0.15) is 22.7 Å². The minimum absolute atomic E-state index is 0.123. The van der Waals surface area contributed by atoms with E-state index in [2.05, 4.69) is 4.72 Å². The molecule has 0 aromatic heterocycles. The molecule has 0 radical (unpaired) electrons. The lowest BCUT2D eigenvalue weighted by Crippen LogP contribution is -2.35. The number of benzene rings is 3. The number of sulfone groups is 1. The molecule has 0 aliphatic heterocycles. The maximum atomic E-state index is 13.7. The third-order valence-corrected chi connectivity index (χ3v) is 8.65. The zero-order valence-electron chi connectivity index (χ0n) is 16.8. The Morgan fingerprint density at radius 2 is 1.48 bits per heavy atom. The van der Waals surface area contributed by atoms with Crippen molar-refractivity contribution in [2.24, 2.45) is 0 Å². The van der Waals surface area contributed by atoms with Crippen molar-refractivity contribution in [2.45, 2.75) is 39.4 Å². The van der Waals surface area contributed by atoms with Gasteiger partial charge in [0.15, 0.2) is 0 Å². The molecule has 2 atom stereocenters. The summed E-state index contributed by atoms with van der Waals surface area (Å²) < 4.78 is 95.2. The van der Waals surface area contributed by atoms with Gasteiger partial charge in [0.1, 0.15) is 0 Å². The van der Waals surface area contributed by atoms with Crippen LogP contribution in [0, 0.1) is 0 Å². The average molecular weight is 498 g/mol. The predicted molar refractivity (Wildman–Crippen MR) is 113 cm³/mol. The van der Waals surface area contributed by atoms with E-state index >= 15 is 0 Å². The van der Waals surface area contributed by atoms with E-state index in [9.17, 15) is 35.1 Å². The summed E-state index contributed by atoms with van der Waals surface area (Å²) in [7, 11) is -9.17. The van der Waals surface area contributed by atoms with E-state index in [1.807, 2.05) is 0 Å². The fourth-order valence-corrected chi connectivity index (χ4v) is 6.69. The van der Waals surface area contributed by atoms with Crippen LogP contribution in [0.25, 0.3) is 0 Å². The molecular formula is C22H18F3NO5S2. The van der Waals surface area contributed by atoms with E-state index in [0.29, 0.717) is 23.3 Å². The molecule has 0 fully saturated rings. The Morgan fingerprint density at radius 1 is 0.848 bits per heavy atom. The molecule has 33 heavy (non-hydrogen) atoms. The van der Waals surface area contributed by atoms with Gasteiger partial charge in [0, 0.05) is 6.42 Å². The largest absolute Gasteiger partial charge is 0.417 e. The number of sulfonamides is 1. The van der Waals surface area contributed by atoms with Gasteiger partial charge in [0.05, 0.1) is 32.4 Å². The van der Waals surface area contributed by atoms with Crippen LogP contribution >= 0.6 is 0 Å². The van der Waals surface area contributed by atoms with Gasteiger partial charge in [-0.1, -0.05) is 42.5 Å². The van der Waals surface area contributed by atoms with Crippen molar-refractivity contribution in [1.29, 1.82) is 0 Å². The molecule has 0 saturated heterocycles. The Balaban J connectivity index is 1.82. The standard InChI is InChI=1S/C22H18F3NO5S2/c23-22(24,25)18-11-10-16(32(28,29)15-7-2-1-3-8-15)13-20(18)33(30,31)26-21-17-9-5-4-6-14(17)12-19(21)27/h1-11,13,19,21,26-27H,12H2/t19-,21-/m1/s1. The highest BCUT2D eigenvalue weighted by molar-refractivity contribution is 7.91. The van der Waals surface area contributed by atoms with Crippen molar-refractivity contribution < 1.29 is 35.1 Å². The van der Waals surface area contributed by atoms with Crippen LogP contribution in [0.2, 0.25) is 0 Å². The smallest absolute Gasteiger partial charge is 0.391 e. The van der Waals surface area contributed by atoms with Gasteiger partial charge >= 0.3 is 6.18 Å². The summed E-state index contributed by atoms with van der Waals surface area (Å²) >= 11 is 0. The van der Waals surface area contributed by atoms with Crippen LogP contribution in [-0.4, -0.2) is 28.0 Å². The van der Waals surface area contributed by atoms with Gasteiger partial charge in [-0.3, -0.25) is 0 Å². The molecule has 4 rings (SSSR count). The molecule has 0 amide bonds. The quantitative estimate of drug-likeness (QED) is 0.562. The van der Waals surface area contributed by atoms with Crippen molar-refractivity contribution in [3.8, 4) is 0 Å². The number of hydrogen-bond acceptors (Lipinski definition) is 5. The number of alkyl halides is 3. The second-order valence-electron chi connectivity index (χ2n) is 7.54. The molecule has 2 N–H and O–H groups in total. The highest BCUT2D eigenvalue weighted by Gasteiger charge is 2.41. The van der Waals surface area contributed by atoms with Crippen LogP contribution in [-0.2, 0) is 32.5 Å². The first kappa shape index (κ1) is 23.4. The lowest BCUT2D eigenvalue weighted by molar-refractivity contribution is -0.139. The molecule has 3 aromatic rings. The Hall–Kier alpha value is -2.73. The molecule has 11 heteroatoms. The molecule has 174 valence electrons. The Labute approximate surface area is 188 Å². The molecule has 3 aromatic carbocycles. The van der Waals surface area contributed by atoms with Crippen LogP contribution in [0.5, 0.6) is 0 Å². The highest BCUT2D eigenvalue weighted by atomic mass is 32.2. The van der Waals surface area contributed by atoms with E-state index in [1.54, 1.807) is 30.3 Å². The van der Waals surface area contributed by atoms with E-state index in [1.165, 1.54) is 24.3 Å². The maximum Gasteiger partial charge on any atom is 0.417 e. The van der Waals surface area contributed by atoms with E-state index in [-0.39, 0.29) is 11.3 Å². The third-order valence-electron chi connectivity index (χ3n) is 5.40. The van der Waals surface area contributed by atoms with Crippen molar-refractivity contribution in [2.75, 3.05) is 0 Å². The summed E-state index contributed by atoms with van der Waals surface area (Å²) in [6.45, 7) is 0. The summed E-state index contributed by atoms with van der Waals surface area (Å²) in [4.78, 5) is -2.03. The lowest BCUT2D eigenvalue weighted by Gasteiger charge is -2.20. The van der Waals surface area contributed by atoms with Crippen molar-refractivity contribution in [3.63, 3.8) is 0 Å². The van der Waals surface area contributed by atoms with E-state index < -0.39 is 53.5 Å². The highest BCUT2D eigenvalue weighted by Crippen LogP contribution is 2.38. The molecular weight excluding hydrogens is 479 g/mol. The van der Waals surface area contributed by atoms with Gasteiger partial charge in [-0.2, -0.15) is 13.2 Å². The lowest BCUT2D eigenvalue weighted by atomic mass is 10.1. The summed E-state index contributed by atoms with van der Waals surface area (Å²) in [6, 6.07) is 14.0.